The van der Waals surface area contributed by atoms with Crippen LogP contribution in [-0.2, 0) is 4.74 Å². The van der Waals surface area contributed by atoms with Crippen molar-refractivity contribution in [2.45, 2.75) is 19.4 Å². The van der Waals surface area contributed by atoms with Crippen LogP contribution in [-0.4, -0.2) is 19.8 Å². The van der Waals surface area contributed by atoms with Gasteiger partial charge < -0.3 is 15.2 Å². The van der Waals surface area contributed by atoms with Gasteiger partial charge in [-0.05, 0) is 19.1 Å². The van der Waals surface area contributed by atoms with Crippen LogP contribution in [0.5, 0.6) is 5.75 Å². The highest BCUT2D eigenvalue weighted by atomic mass is 35.5. The molecular weight excluding hydrogens is 214 g/mol. The van der Waals surface area contributed by atoms with Gasteiger partial charge in [0.1, 0.15) is 5.75 Å². The molecule has 0 fully saturated rings. The van der Waals surface area contributed by atoms with E-state index in [4.69, 9.17) is 26.8 Å². The molecule has 1 aromatic rings. The molecule has 0 radical (unpaired) electrons. The van der Waals surface area contributed by atoms with Gasteiger partial charge in [-0.1, -0.05) is 11.6 Å². The molecule has 0 aliphatic carbocycles. The van der Waals surface area contributed by atoms with Crippen molar-refractivity contribution >= 4 is 17.3 Å². The molecule has 0 heterocycles. The van der Waals surface area contributed by atoms with Gasteiger partial charge in [0.05, 0.1) is 11.8 Å². The summed E-state index contributed by atoms with van der Waals surface area (Å²) in [7, 11) is 1.67. The van der Waals surface area contributed by atoms with Crippen LogP contribution in [0, 0.1) is 0 Å². The molecule has 0 aliphatic heterocycles. The fourth-order valence-corrected chi connectivity index (χ4v) is 1.33. The average molecular weight is 230 g/mol. The van der Waals surface area contributed by atoms with Crippen LogP contribution in [0.25, 0.3) is 0 Å². The molecule has 15 heavy (non-hydrogen) atoms. The lowest BCUT2D eigenvalue weighted by Crippen LogP contribution is -2.15. The monoisotopic (exact) mass is 229 g/mol. The Kier molecular flexibility index (Phi) is 4.72. The lowest BCUT2D eigenvalue weighted by molar-refractivity contribution is 0.135. The second kappa shape index (κ2) is 5.83. The summed E-state index contributed by atoms with van der Waals surface area (Å²) in [6, 6.07) is 5.20. The van der Waals surface area contributed by atoms with Crippen LogP contribution < -0.4 is 10.5 Å². The predicted molar refractivity (Wildman–Crippen MR) is 62.4 cm³/mol. The van der Waals surface area contributed by atoms with Crippen molar-refractivity contribution < 1.29 is 9.47 Å². The molecule has 0 amide bonds. The maximum atomic E-state index is 5.84. The molecule has 0 aliphatic rings. The zero-order valence-electron chi connectivity index (χ0n) is 9.00. The van der Waals surface area contributed by atoms with Crippen molar-refractivity contribution in [2.75, 3.05) is 19.5 Å². The summed E-state index contributed by atoms with van der Waals surface area (Å²) in [4.78, 5) is 0. The van der Waals surface area contributed by atoms with Gasteiger partial charge in [0.15, 0.2) is 0 Å². The molecule has 4 heteroatoms. The Morgan fingerprint density at radius 2 is 2.20 bits per heavy atom. The Hall–Kier alpha value is -0.930. The molecule has 84 valence electrons. The number of benzene rings is 1. The van der Waals surface area contributed by atoms with E-state index in [1.54, 1.807) is 25.3 Å². The quantitative estimate of drug-likeness (QED) is 0.790. The van der Waals surface area contributed by atoms with Gasteiger partial charge in [-0.25, -0.2) is 0 Å². The molecule has 1 unspecified atom stereocenters. The molecule has 0 saturated heterocycles. The molecule has 2 N–H and O–H groups in total. The number of hydrogen-bond acceptors (Lipinski definition) is 3. The van der Waals surface area contributed by atoms with Crippen molar-refractivity contribution in [3.05, 3.63) is 23.2 Å². The third kappa shape index (κ3) is 3.98. The van der Waals surface area contributed by atoms with Gasteiger partial charge in [-0.3, -0.25) is 0 Å². The molecule has 0 spiro atoms. The highest BCUT2D eigenvalue weighted by Gasteiger charge is 2.07. The van der Waals surface area contributed by atoms with Crippen molar-refractivity contribution in [1.29, 1.82) is 0 Å². The van der Waals surface area contributed by atoms with E-state index in [0.29, 0.717) is 23.1 Å². The number of hydrogen-bond donors (Lipinski definition) is 1. The van der Waals surface area contributed by atoms with Crippen molar-refractivity contribution in [3.8, 4) is 5.75 Å². The van der Waals surface area contributed by atoms with E-state index in [2.05, 4.69) is 0 Å². The fraction of sp³-hybridized carbons (Fsp3) is 0.455. The SMILES string of the molecule is COCCC(C)Oc1cc(Cl)ccc1N. The van der Waals surface area contributed by atoms with Gasteiger partial charge >= 0.3 is 0 Å². The number of rotatable bonds is 5. The molecule has 0 bridgehead atoms. The minimum absolute atomic E-state index is 0.0608. The first-order chi connectivity index (χ1) is 7.13. The summed E-state index contributed by atoms with van der Waals surface area (Å²) < 4.78 is 10.6. The number of nitrogen functional groups attached to an aromatic ring is 1. The summed E-state index contributed by atoms with van der Waals surface area (Å²) in [5, 5.41) is 0.623. The van der Waals surface area contributed by atoms with Crippen molar-refractivity contribution in [2.24, 2.45) is 0 Å². The summed E-state index contributed by atoms with van der Waals surface area (Å²) in [6.45, 7) is 2.64. The van der Waals surface area contributed by atoms with E-state index < -0.39 is 0 Å². The number of ether oxygens (including phenoxy) is 2. The molecule has 1 rings (SSSR count). The van der Waals surface area contributed by atoms with Crippen LogP contribution in [0.2, 0.25) is 5.02 Å². The third-order valence-electron chi connectivity index (χ3n) is 2.03. The van der Waals surface area contributed by atoms with Gasteiger partial charge in [-0.15, -0.1) is 0 Å². The smallest absolute Gasteiger partial charge is 0.144 e. The molecular formula is C11H16ClNO2. The van der Waals surface area contributed by atoms with Crippen LogP contribution in [0.3, 0.4) is 0 Å². The fourth-order valence-electron chi connectivity index (χ4n) is 1.17. The van der Waals surface area contributed by atoms with Crippen molar-refractivity contribution in [3.63, 3.8) is 0 Å². The number of nitrogens with two attached hydrogens (primary N) is 1. The summed E-state index contributed by atoms with van der Waals surface area (Å²) in [5.74, 6) is 0.631. The molecule has 0 aromatic heterocycles. The maximum Gasteiger partial charge on any atom is 0.144 e. The minimum Gasteiger partial charge on any atom is -0.488 e. The number of anilines is 1. The van der Waals surface area contributed by atoms with E-state index in [1.165, 1.54) is 0 Å². The van der Waals surface area contributed by atoms with E-state index in [-0.39, 0.29) is 6.10 Å². The first-order valence-corrected chi connectivity index (χ1v) is 5.22. The zero-order valence-corrected chi connectivity index (χ0v) is 9.75. The topological polar surface area (TPSA) is 44.5 Å². The van der Waals surface area contributed by atoms with E-state index in [0.717, 1.165) is 6.42 Å². The molecule has 1 aromatic carbocycles. The largest absolute Gasteiger partial charge is 0.488 e. The lowest BCUT2D eigenvalue weighted by atomic mass is 10.2. The molecule has 0 saturated carbocycles. The number of halogens is 1. The second-order valence-electron chi connectivity index (χ2n) is 3.39. The van der Waals surface area contributed by atoms with Gasteiger partial charge in [0, 0.05) is 31.2 Å². The Bertz CT molecular complexity index is 317. The van der Waals surface area contributed by atoms with Crippen LogP contribution >= 0.6 is 11.6 Å². The Morgan fingerprint density at radius 1 is 1.47 bits per heavy atom. The van der Waals surface area contributed by atoms with Gasteiger partial charge in [0.25, 0.3) is 0 Å². The van der Waals surface area contributed by atoms with Gasteiger partial charge in [-0.2, -0.15) is 0 Å². The van der Waals surface area contributed by atoms with Crippen LogP contribution in [0.4, 0.5) is 5.69 Å². The second-order valence-corrected chi connectivity index (χ2v) is 3.83. The zero-order chi connectivity index (χ0) is 11.3. The summed E-state index contributed by atoms with van der Waals surface area (Å²) in [6.07, 6.45) is 0.883. The Balaban J connectivity index is 2.59. The van der Waals surface area contributed by atoms with E-state index >= 15 is 0 Å². The molecule has 3 nitrogen and oxygen atoms in total. The van der Waals surface area contributed by atoms with Gasteiger partial charge in [0.2, 0.25) is 0 Å². The van der Waals surface area contributed by atoms with Crippen LogP contribution in [0.1, 0.15) is 13.3 Å². The lowest BCUT2D eigenvalue weighted by Gasteiger charge is -2.15. The Morgan fingerprint density at radius 3 is 2.87 bits per heavy atom. The first-order valence-electron chi connectivity index (χ1n) is 4.84. The van der Waals surface area contributed by atoms with Crippen molar-refractivity contribution in [1.82, 2.24) is 0 Å². The average Bonchev–Trinajstić information content (AvgIpc) is 2.20. The summed E-state index contributed by atoms with van der Waals surface area (Å²) >= 11 is 5.84. The minimum atomic E-state index is 0.0608. The Labute approximate surface area is 95.1 Å². The molecule has 1 atom stereocenters. The highest BCUT2D eigenvalue weighted by molar-refractivity contribution is 6.30. The standard InChI is InChI=1S/C11H16ClNO2/c1-8(5-6-14-2)15-11-7-9(12)3-4-10(11)13/h3-4,7-8H,5-6,13H2,1-2H3. The number of methoxy groups -OCH3 is 1. The van der Waals surface area contributed by atoms with Crippen LogP contribution in [0.15, 0.2) is 18.2 Å². The predicted octanol–water partition coefficient (Wildman–Crippen LogP) is 2.73. The van der Waals surface area contributed by atoms with E-state index in [9.17, 15) is 0 Å². The maximum absolute atomic E-state index is 5.84. The normalized spacial score (nSPS) is 12.5. The first kappa shape index (κ1) is 12.1. The highest BCUT2D eigenvalue weighted by Crippen LogP contribution is 2.26. The third-order valence-corrected chi connectivity index (χ3v) is 2.27. The van der Waals surface area contributed by atoms with E-state index in [1.807, 2.05) is 6.92 Å². The summed E-state index contributed by atoms with van der Waals surface area (Å²) in [5.41, 5.74) is 6.35.